The van der Waals surface area contributed by atoms with Gasteiger partial charge in [0, 0.05) is 25.6 Å². The smallest absolute Gasteiger partial charge is 0.127 e. The highest BCUT2D eigenvalue weighted by Crippen LogP contribution is 2.06. The third-order valence-electron chi connectivity index (χ3n) is 2.24. The van der Waals surface area contributed by atoms with Crippen LogP contribution in [0, 0.1) is 11.3 Å². The molecule has 0 amide bonds. The molecule has 0 saturated heterocycles. The number of aromatic nitrogens is 3. The summed E-state index contributed by atoms with van der Waals surface area (Å²) in [5.74, 6) is 1.60. The molecule has 0 atom stereocenters. The van der Waals surface area contributed by atoms with E-state index in [4.69, 9.17) is 5.26 Å². The van der Waals surface area contributed by atoms with Crippen molar-refractivity contribution in [3.63, 3.8) is 0 Å². The van der Waals surface area contributed by atoms with Gasteiger partial charge in [-0.1, -0.05) is 0 Å². The number of anilines is 1. The number of imidazole rings is 1. The Balaban J connectivity index is 2.05. The molecule has 0 aliphatic carbocycles. The molecule has 5 heteroatoms. The Morgan fingerprint density at radius 3 is 3.00 bits per heavy atom. The fourth-order valence-corrected chi connectivity index (χ4v) is 1.33. The van der Waals surface area contributed by atoms with Gasteiger partial charge in [0.1, 0.15) is 11.6 Å². The van der Waals surface area contributed by atoms with Crippen molar-refractivity contribution >= 4 is 5.82 Å². The first kappa shape index (κ1) is 10.2. The van der Waals surface area contributed by atoms with Crippen LogP contribution in [0.2, 0.25) is 0 Å². The van der Waals surface area contributed by atoms with E-state index in [1.807, 2.05) is 17.8 Å². The second-order valence-corrected chi connectivity index (χ2v) is 3.35. The van der Waals surface area contributed by atoms with Gasteiger partial charge in [-0.05, 0) is 12.1 Å². The van der Waals surface area contributed by atoms with Crippen molar-refractivity contribution in [2.75, 3.05) is 5.32 Å². The molecule has 5 nitrogen and oxygen atoms in total. The van der Waals surface area contributed by atoms with Gasteiger partial charge in [0.2, 0.25) is 0 Å². The van der Waals surface area contributed by atoms with Gasteiger partial charge < -0.3 is 9.88 Å². The van der Waals surface area contributed by atoms with Crippen LogP contribution in [0.4, 0.5) is 5.82 Å². The number of aryl methyl sites for hydroxylation is 1. The lowest BCUT2D eigenvalue weighted by atomic mass is 10.3. The minimum atomic E-state index is 0.589. The van der Waals surface area contributed by atoms with E-state index in [2.05, 4.69) is 21.4 Å². The zero-order chi connectivity index (χ0) is 11.4. The van der Waals surface area contributed by atoms with E-state index in [9.17, 15) is 0 Å². The number of pyridine rings is 1. The summed E-state index contributed by atoms with van der Waals surface area (Å²) < 4.78 is 1.93. The maximum atomic E-state index is 8.74. The van der Waals surface area contributed by atoms with Crippen molar-refractivity contribution in [1.82, 2.24) is 14.5 Å². The molecule has 1 N–H and O–H groups in total. The van der Waals surface area contributed by atoms with Gasteiger partial charge in [-0.15, -0.1) is 0 Å². The van der Waals surface area contributed by atoms with Gasteiger partial charge in [0.15, 0.2) is 0 Å². The Morgan fingerprint density at radius 2 is 2.31 bits per heavy atom. The number of nitrogens with zero attached hydrogens (tertiary/aromatic N) is 4. The fraction of sp³-hybridized carbons (Fsp3) is 0.182. The second kappa shape index (κ2) is 4.45. The molecular weight excluding hydrogens is 202 g/mol. The quantitative estimate of drug-likeness (QED) is 0.834. The summed E-state index contributed by atoms with van der Waals surface area (Å²) in [5.41, 5.74) is 0.595. The molecule has 0 saturated carbocycles. The molecule has 0 unspecified atom stereocenters. The van der Waals surface area contributed by atoms with Crippen LogP contribution in [0.5, 0.6) is 0 Å². The van der Waals surface area contributed by atoms with Crippen LogP contribution in [0.25, 0.3) is 0 Å². The lowest BCUT2D eigenvalue weighted by Crippen LogP contribution is -2.06. The maximum Gasteiger partial charge on any atom is 0.127 e. The summed E-state index contributed by atoms with van der Waals surface area (Å²) in [7, 11) is 1.93. The van der Waals surface area contributed by atoms with Gasteiger partial charge in [0.25, 0.3) is 0 Å². The minimum Gasteiger partial charge on any atom is -0.363 e. The van der Waals surface area contributed by atoms with Crippen LogP contribution in [0.3, 0.4) is 0 Å². The summed E-state index contributed by atoms with van der Waals surface area (Å²) >= 11 is 0. The van der Waals surface area contributed by atoms with E-state index < -0.39 is 0 Å². The van der Waals surface area contributed by atoms with Gasteiger partial charge >= 0.3 is 0 Å². The van der Waals surface area contributed by atoms with Crippen LogP contribution in [0.15, 0.2) is 30.7 Å². The summed E-state index contributed by atoms with van der Waals surface area (Å²) in [6.07, 6.45) is 5.24. The average Bonchev–Trinajstić information content (AvgIpc) is 2.72. The van der Waals surface area contributed by atoms with E-state index in [0.717, 1.165) is 5.82 Å². The van der Waals surface area contributed by atoms with Crippen LogP contribution in [0.1, 0.15) is 11.4 Å². The predicted molar refractivity (Wildman–Crippen MR) is 59.5 cm³/mol. The molecule has 2 rings (SSSR count). The Kier molecular flexibility index (Phi) is 2.83. The first-order valence-electron chi connectivity index (χ1n) is 4.86. The topological polar surface area (TPSA) is 66.5 Å². The number of hydrogen-bond donors (Lipinski definition) is 1. The molecule has 2 aromatic heterocycles. The van der Waals surface area contributed by atoms with Gasteiger partial charge in [0.05, 0.1) is 18.2 Å². The minimum absolute atomic E-state index is 0.589. The molecule has 80 valence electrons. The van der Waals surface area contributed by atoms with Crippen molar-refractivity contribution in [2.24, 2.45) is 7.05 Å². The second-order valence-electron chi connectivity index (χ2n) is 3.35. The van der Waals surface area contributed by atoms with Crippen LogP contribution < -0.4 is 5.32 Å². The molecule has 0 spiro atoms. The summed E-state index contributed by atoms with van der Waals surface area (Å²) in [4.78, 5) is 8.30. The largest absolute Gasteiger partial charge is 0.363 e. The molecule has 0 fully saturated rings. The van der Waals surface area contributed by atoms with Crippen molar-refractivity contribution in [1.29, 1.82) is 5.26 Å². The molecule has 0 aromatic carbocycles. The van der Waals surface area contributed by atoms with Crippen molar-refractivity contribution in [3.8, 4) is 6.07 Å². The van der Waals surface area contributed by atoms with Gasteiger partial charge in [-0.3, -0.25) is 0 Å². The van der Waals surface area contributed by atoms with Crippen molar-refractivity contribution in [3.05, 3.63) is 42.1 Å². The number of nitriles is 1. The lowest BCUT2D eigenvalue weighted by Gasteiger charge is -2.05. The van der Waals surface area contributed by atoms with Crippen molar-refractivity contribution < 1.29 is 0 Å². The Labute approximate surface area is 93.4 Å². The highest BCUT2D eigenvalue weighted by atomic mass is 15.1. The summed E-state index contributed by atoms with van der Waals surface area (Å²) in [6.45, 7) is 0.589. The normalized spacial score (nSPS) is 9.75. The zero-order valence-electron chi connectivity index (χ0n) is 8.88. The molecule has 0 bridgehead atoms. The van der Waals surface area contributed by atoms with Crippen LogP contribution in [-0.2, 0) is 13.6 Å². The Hall–Kier alpha value is -2.35. The highest BCUT2D eigenvalue weighted by Gasteiger charge is 2.00. The maximum absolute atomic E-state index is 8.74. The van der Waals surface area contributed by atoms with E-state index in [1.54, 1.807) is 24.5 Å². The third-order valence-corrected chi connectivity index (χ3v) is 2.24. The standard InChI is InChI=1S/C11H11N5/c1-16-5-4-14-11(16)8-15-10-6-9(7-12)2-3-13-10/h2-6H,8H2,1H3,(H,13,15). The zero-order valence-corrected chi connectivity index (χ0v) is 8.88. The predicted octanol–water partition coefficient (Wildman–Crippen LogP) is 1.30. The van der Waals surface area contributed by atoms with Crippen LogP contribution in [-0.4, -0.2) is 14.5 Å². The fourth-order valence-electron chi connectivity index (χ4n) is 1.33. The van der Waals surface area contributed by atoms with E-state index in [1.165, 1.54) is 0 Å². The molecule has 2 aromatic rings. The molecule has 16 heavy (non-hydrogen) atoms. The SMILES string of the molecule is Cn1ccnc1CNc1cc(C#N)ccn1. The highest BCUT2D eigenvalue weighted by molar-refractivity contribution is 5.42. The van der Waals surface area contributed by atoms with E-state index in [0.29, 0.717) is 17.9 Å². The number of rotatable bonds is 3. The van der Waals surface area contributed by atoms with Gasteiger partial charge in [-0.2, -0.15) is 5.26 Å². The Morgan fingerprint density at radius 1 is 1.44 bits per heavy atom. The third kappa shape index (κ3) is 2.17. The first-order chi connectivity index (χ1) is 7.79. The monoisotopic (exact) mass is 213 g/mol. The van der Waals surface area contributed by atoms with Crippen LogP contribution >= 0.6 is 0 Å². The van der Waals surface area contributed by atoms with E-state index in [-0.39, 0.29) is 0 Å². The first-order valence-corrected chi connectivity index (χ1v) is 4.86. The molecule has 0 radical (unpaired) electrons. The number of nitrogens with one attached hydrogen (secondary N) is 1. The number of hydrogen-bond acceptors (Lipinski definition) is 4. The molecule has 0 aliphatic rings. The lowest BCUT2D eigenvalue weighted by molar-refractivity contribution is 0.811. The van der Waals surface area contributed by atoms with Gasteiger partial charge in [-0.25, -0.2) is 9.97 Å². The molecule has 0 aliphatic heterocycles. The van der Waals surface area contributed by atoms with Crippen molar-refractivity contribution in [2.45, 2.75) is 6.54 Å². The summed E-state index contributed by atoms with van der Waals surface area (Å²) in [5, 5.41) is 11.9. The summed E-state index contributed by atoms with van der Waals surface area (Å²) in [6, 6.07) is 5.45. The van der Waals surface area contributed by atoms with E-state index >= 15 is 0 Å². The average molecular weight is 213 g/mol. The molecular formula is C11H11N5. The molecule has 2 heterocycles. The Bertz CT molecular complexity index is 523.